The van der Waals surface area contributed by atoms with Crippen LogP contribution in [0.15, 0.2) is 24.3 Å². The molecule has 7 heteroatoms. The first-order valence-corrected chi connectivity index (χ1v) is 8.08. The average molecular weight is 327 g/mol. The van der Waals surface area contributed by atoms with Crippen LogP contribution in [0.25, 0.3) is 0 Å². The van der Waals surface area contributed by atoms with Crippen molar-refractivity contribution in [1.29, 1.82) is 0 Å². The van der Waals surface area contributed by atoms with Crippen LogP contribution < -0.4 is 25.8 Å². The van der Waals surface area contributed by atoms with Gasteiger partial charge in [0.25, 0.3) is 0 Å². The lowest BCUT2D eigenvalue weighted by Gasteiger charge is -2.32. The maximum Gasteiger partial charge on any atom is 0.231 e. The molecule has 1 saturated carbocycles. The van der Waals surface area contributed by atoms with Gasteiger partial charge in [-0.05, 0) is 30.5 Å². The fraction of sp³-hybridized carbons (Fsp3) is 0.412. The molecule has 24 heavy (non-hydrogen) atoms. The fourth-order valence-corrected chi connectivity index (χ4v) is 3.17. The number of aromatic nitrogens is 2. The minimum Gasteiger partial charge on any atom is -0.454 e. The van der Waals surface area contributed by atoms with E-state index in [0.29, 0.717) is 18.4 Å². The quantitative estimate of drug-likeness (QED) is 0.880. The fourth-order valence-electron chi connectivity index (χ4n) is 3.17. The molecule has 0 atom stereocenters. The lowest BCUT2D eigenvalue weighted by Crippen LogP contribution is -2.35. The van der Waals surface area contributed by atoms with Crippen LogP contribution in [0.5, 0.6) is 11.5 Å². The summed E-state index contributed by atoms with van der Waals surface area (Å²) >= 11 is 0. The van der Waals surface area contributed by atoms with Crippen LogP contribution in [0.4, 0.5) is 11.8 Å². The SMILES string of the molecule is CN(Cc1ccc2c(c1)OCO2)c1cc(C2CC(N)C2)nc(N)n1. The Kier molecular flexibility index (Phi) is 3.65. The summed E-state index contributed by atoms with van der Waals surface area (Å²) in [6, 6.07) is 8.25. The zero-order chi connectivity index (χ0) is 16.7. The van der Waals surface area contributed by atoms with Crippen LogP contribution in [0.3, 0.4) is 0 Å². The van der Waals surface area contributed by atoms with Crippen molar-refractivity contribution in [1.82, 2.24) is 9.97 Å². The van der Waals surface area contributed by atoms with Gasteiger partial charge in [-0.2, -0.15) is 4.98 Å². The molecule has 0 unspecified atom stereocenters. The van der Waals surface area contributed by atoms with Crippen LogP contribution in [0.1, 0.15) is 30.0 Å². The molecule has 7 nitrogen and oxygen atoms in total. The second-order valence-corrected chi connectivity index (χ2v) is 6.48. The Bertz CT molecular complexity index is 761. The molecule has 1 fully saturated rings. The zero-order valence-corrected chi connectivity index (χ0v) is 13.6. The second kappa shape index (κ2) is 5.83. The van der Waals surface area contributed by atoms with E-state index in [1.54, 1.807) is 0 Å². The average Bonchev–Trinajstić information content (AvgIpc) is 2.99. The van der Waals surface area contributed by atoms with E-state index in [4.69, 9.17) is 20.9 Å². The van der Waals surface area contributed by atoms with Gasteiger partial charge in [-0.25, -0.2) is 4.98 Å². The van der Waals surface area contributed by atoms with Crippen molar-refractivity contribution in [3.63, 3.8) is 0 Å². The lowest BCUT2D eigenvalue weighted by molar-refractivity contribution is 0.174. The Hall–Kier alpha value is -2.54. The molecule has 0 amide bonds. The van der Waals surface area contributed by atoms with Crippen LogP contribution >= 0.6 is 0 Å². The minimum absolute atomic E-state index is 0.279. The van der Waals surface area contributed by atoms with Gasteiger partial charge in [0.1, 0.15) is 5.82 Å². The molecule has 1 aliphatic heterocycles. The van der Waals surface area contributed by atoms with Crippen LogP contribution in [0.2, 0.25) is 0 Å². The maximum atomic E-state index is 5.90. The van der Waals surface area contributed by atoms with Gasteiger partial charge >= 0.3 is 0 Å². The third kappa shape index (κ3) is 2.82. The third-order valence-corrected chi connectivity index (χ3v) is 4.59. The van der Waals surface area contributed by atoms with E-state index in [1.165, 1.54) is 0 Å². The number of rotatable bonds is 4. The van der Waals surface area contributed by atoms with E-state index < -0.39 is 0 Å². The van der Waals surface area contributed by atoms with E-state index in [0.717, 1.165) is 41.4 Å². The molecule has 0 bridgehead atoms. The number of nitrogens with zero attached hydrogens (tertiary/aromatic N) is 3. The third-order valence-electron chi connectivity index (χ3n) is 4.59. The number of benzene rings is 1. The van der Waals surface area contributed by atoms with E-state index in [1.807, 2.05) is 31.3 Å². The Labute approximate surface area is 140 Å². The molecule has 2 aromatic rings. The predicted octanol–water partition coefficient (Wildman–Crippen LogP) is 1.63. The molecule has 0 saturated heterocycles. The Morgan fingerprint density at radius 1 is 1.17 bits per heavy atom. The van der Waals surface area contributed by atoms with Crippen molar-refractivity contribution in [2.45, 2.75) is 31.3 Å². The number of hydrogen-bond donors (Lipinski definition) is 2. The number of anilines is 2. The first-order valence-electron chi connectivity index (χ1n) is 8.08. The van der Waals surface area contributed by atoms with Crippen molar-refractivity contribution in [2.75, 3.05) is 24.5 Å². The van der Waals surface area contributed by atoms with E-state index in [9.17, 15) is 0 Å². The highest BCUT2D eigenvalue weighted by Gasteiger charge is 2.29. The van der Waals surface area contributed by atoms with Crippen LogP contribution in [-0.4, -0.2) is 29.9 Å². The van der Waals surface area contributed by atoms with Crippen molar-refractivity contribution in [3.05, 3.63) is 35.5 Å². The van der Waals surface area contributed by atoms with Gasteiger partial charge in [0, 0.05) is 31.6 Å². The molecule has 2 heterocycles. The summed E-state index contributed by atoms with van der Waals surface area (Å²) in [5, 5.41) is 0. The molecule has 126 valence electrons. The zero-order valence-electron chi connectivity index (χ0n) is 13.6. The van der Waals surface area contributed by atoms with Gasteiger partial charge in [-0.1, -0.05) is 6.07 Å². The first kappa shape index (κ1) is 15.0. The minimum atomic E-state index is 0.279. The summed E-state index contributed by atoms with van der Waals surface area (Å²) in [6.45, 7) is 0.973. The van der Waals surface area contributed by atoms with Gasteiger partial charge in [-0.3, -0.25) is 0 Å². The summed E-state index contributed by atoms with van der Waals surface area (Å²) in [4.78, 5) is 10.8. The maximum absolute atomic E-state index is 5.90. The predicted molar refractivity (Wildman–Crippen MR) is 91.1 cm³/mol. The van der Waals surface area contributed by atoms with E-state index in [2.05, 4.69) is 14.9 Å². The smallest absolute Gasteiger partial charge is 0.231 e. The van der Waals surface area contributed by atoms with Gasteiger partial charge in [0.2, 0.25) is 12.7 Å². The van der Waals surface area contributed by atoms with Crippen LogP contribution in [-0.2, 0) is 6.54 Å². The van der Waals surface area contributed by atoms with Crippen molar-refractivity contribution in [2.24, 2.45) is 5.73 Å². The normalized spacial score (nSPS) is 21.4. The number of nitrogens with two attached hydrogens (primary N) is 2. The summed E-state index contributed by atoms with van der Waals surface area (Å²) < 4.78 is 10.8. The van der Waals surface area contributed by atoms with Crippen molar-refractivity contribution in [3.8, 4) is 11.5 Å². The monoisotopic (exact) mass is 327 g/mol. The lowest BCUT2D eigenvalue weighted by atomic mass is 9.78. The molecule has 0 spiro atoms. The molecule has 0 radical (unpaired) electrons. The molecule has 1 aliphatic carbocycles. The molecule has 1 aromatic carbocycles. The Morgan fingerprint density at radius 2 is 1.96 bits per heavy atom. The van der Waals surface area contributed by atoms with E-state index >= 15 is 0 Å². The van der Waals surface area contributed by atoms with Gasteiger partial charge in [-0.15, -0.1) is 0 Å². The molecule has 4 rings (SSSR count). The standard InChI is InChI=1S/C17H21N5O2/c1-22(8-10-2-3-14-15(4-10)24-9-23-14)16-7-13(20-17(19)21-16)11-5-12(18)6-11/h2-4,7,11-12H,5-6,8-9,18H2,1H3,(H2,19,20,21). The molecule has 4 N–H and O–H groups in total. The van der Waals surface area contributed by atoms with E-state index in [-0.39, 0.29) is 12.8 Å². The summed E-state index contributed by atoms with van der Waals surface area (Å²) in [5.74, 6) is 3.09. The van der Waals surface area contributed by atoms with Crippen molar-refractivity contribution < 1.29 is 9.47 Å². The number of hydrogen-bond acceptors (Lipinski definition) is 7. The van der Waals surface area contributed by atoms with Gasteiger partial charge in [0.15, 0.2) is 11.5 Å². The van der Waals surface area contributed by atoms with Crippen LogP contribution in [0, 0.1) is 0 Å². The van der Waals surface area contributed by atoms with Crippen molar-refractivity contribution >= 4 is 11.8 Å². The molecule has 1 aromatic heterocycles. The summed E-state index contributed by atoms with van der Waals surface area (Å²) in [6.07, 6.45) is 1.92. The number of fused-ring (bicyclic) bond motifs is 1. The highest BCUT2D eigenvalue weighted by atomic mass is 16.7. The Balaban J connectivity index is 1.52. The molecule has 2 aliphatic rings. The Morgan fingerprint density at radius 3 is 2.75 bits per heavy atom. The summed E-state index contributed by atoms with van der Waals surface area (Å²) in [7, 11) is 1.99. The first-order chi connectivity index (χ1) is 11.6. The molecular formula is C17H21N5O2. The summed E-state index contributed by atoms with van der Waals surface area (Å²) in [5.41, 5.74) is 13.9. The highest BCUT2D eigenvalue weighted by molar-refractivity contribution is 5.48. The van der Waals surface area contributed by atoms with Gasteiger partial charge in [0.05, 0.1) is 5.69 Å². The largest absolute Gasteiger partial charge is 0.454 e. The molecular weight excluding hydrogens is 306 g/mol. The topological polar surface area (TPSA) is 99.5 Å². The highest BCUT2D eigenvalue weighted by Crippen LogP contribution is 2.36. The number of ether oxygens (including phenoxy) is 2. The second-order valence-electron chi connectivity index (χ2n) is 6.48. The number of nitrogen functional groups attached to an aromatic ring is 1. The van der Waals surface area contributed by atoms with Gasteiger partial charge < -0.3 is 25.8 Å².